The third-order valence-corrected chi connectivity index (χ3v) is 7.34. The number of likely N-dealkylation sites (tertiary alicyclic amines) is 1. The molecule has 2 aromatic rings. The molecule has 2 aliphatic rings. The Labute approximate surface area is 233 Å². The molecule has 4 rings (SSSR count). The Bertz CT molecular complexity index is 1260. The number of amides is 2. The van der Waals surface area contributed by atoms with Crippen molar-refractivity contribution in [2.75, 3.05) is 37.7 Å². The van der Waals surface area contributed by atoms with Gasteiger partial charge in [0.05, 0.1) is 17.9 Å². The van der Waals surface area contributed by atoms with E-state index in [1.807, 2.05) is 11.8 Å². The van der Waals surface area contributed by atoms with Crippen LogP contribution in [-0.4, -0.2) is 64.4 Å². The number of nitrogens with one attached hydrogen (secondary N) is 2. The van der Waals surface area contributed by atoms with Gasteiger partial charge < -0.3 is 31.7 Å². The van der Waals surface area contributed by atoms with Crippen molar-refractivity contribution < 1.29 is 14.3 Å². The third kappa shape index (κ3) is 7.17. The maximum Gasteiger partial charge on any atom is 0.302 e. The number of anilines is 2. The van der Waals surface area contributed by atoms with Gasteiger partial charge in [0.2, 0.25) is 5.91 Å². The summed E-state index contributed by atoms with van der Waals surface area (Å²) in [6.45, 7) is 8.36. The summed E-state index contributed by atoms with van der Waals surface area (Å²) in [6, 6.07) is 8.39. The van der Waals surface area contributed by atoms with Crippen molar-refractivity contribution in [3.63, 3.8) is 0 Å². The molecule has 2 amide bonds. The van der Waals surface area contributed by atoms with Crippen LogP contribution in [0.3, 0.4) is 0 Å². The lowest BCUT2D eigenvalue weighted by Gasteiger charge is -2.38. The number of hydrogen-bond acceptors (Lipinski definition) is 7. The second-order valence-electron chi connectivity index (χ2n) is 9.83. The number of aromatic nitrogens is 2. The third-order valence-electron chi connectivity index (χ3n) is 7.06. The zero-order chi connectivity index (χ0) is 28.0. The molecule has 0 bridgehead atoms. The first-order valence-electron chi connectivity index (χ1n) is 13.1. The Morgan fingerprint density at radius 1 is 1.10 bits per heavy atom. The molecule has 2 fully saturated rings. The summed E-state index contributed by atoms with van der Waals surface area (Å²) in [4.78, 5) is 39.2. The van der Waals surface area contributed by atoms with Crippen molar-refractivity contribution in [2.24, 2.45) is 4.99 Å². The highest BCUT2D eigenvalue weighted by molar-refractivity contribution is 6.31. The Balaban J connectivity index is 1.23. The van der Waals surface area contributed by atoms with E-state index in [0.29, 0.717) is 45.0 Å². The number of halogens is 1. The van der Waals surface area contributed by atoms with E-state index in [2.05, 4.69) is 56.4 Å². The van der Waals surface area contributed by atoms with Gasteiger partial charge in [0.25, 0.3) is 0 Å². The first-order chi connectivity index (χ1) is 18.7. The van der Waals surface area contributed by atoms with Crippen molar-refractivity contribution in [1.29, 1.82) is 0 Å². The van der Waals surface area contributed by atoms with Crippen molar-refractivity contribution >= 4 is 41.0 Å². The first kappa shape index (κ1) is 28.2. The minimum absolute atomic E-state index is 0.0513. The van der Waals surface area contributed by atoms with E-state index in [0.717, 1.165) is 37.0 Å². The molecule has 3 heterocycles. The molecule has 2 saturated heterocycles. The molecule has 1 aromatic carbocycles. The number of carbonyl (C=O) groups excluding carboxylic acids is 2. The second-order valence-corrected chi connectivity index (χ2v) is 10.2. The fourth-order valence-corrected chi connectivity index (χ4v) is 4.87. The summed E-state index contributed by atoms with van der Waals surface area (Å²) < 4.78 is 5.41. The highest BCUT2D eigenvalue weighted by atomic mass is 35.5. The van der Waals surface area contributed by atoms with Crippen LogP contribution in [0.15, 0.2) is 41.6 Å². The summed E-state index contributed by atoms with van der Waals surface area (Å²) >= 11 is 5.87. The number of guanidine groups is 1. The number of piperidine rings is 1. The number of benzene rings is 1. The van der Waals surface area contributed by atoms with E-state index < -0.39 is 5.91 Å². The predicted molar refractivity (Wildman–Crippen MR) is 151 cm³/mol. The van der Waals surface area contributed by atoms with Crippen LogP contribution in [0.5, 0.6) is 0 Å². The molecule has 0 atom stereocenters. The summed E-state index contributed by atoms with van der Waals surface area (Å²) in [5, 5.41) is 6.35. The molecule has 39 heavy (non-hydrogen) atoms. The molecular weight excluding hydrogens is 520 g/mol. The molecule has 1 spiro atoms. The molecule has 0 radical (unpaired) electrons. The van der Waals surface area contributed by atoms with Gasteiger partial charge in [-0.3, -0.25) is 9.59 Å². The van der Waals surface area contributed by atoms with Crippen molar-refractivity contribution in [3.05, 3.63) is 58.6 Å². The van der Waals surface area contributed by atoms with E-state index in [9.17, 15) is 9.59 Å². The normalized spacial score (nSPS) is 17.1. The van der Waals surface area contributed by atoms with Crippen LogP contribution in [0.2, 0.25) is 5.15 Å². The van der Waals surface area contributed by atoms with Crippen LogP contribution < -0.4 is 22.1 Å². The molecule has 2 aliphatic heterocycles. The maximum absolute atomic E-state index is 12.9. The van der Waals surface area contributed by atoms with E-state index in [1.165, 1.54) is 5.56 Å². The number of aryl methyl sites for hydroxylation is 2. The molecule has 11 nitrogen and oxygen atoms in total. The highest BCUT2D eigenvalue weighted by Gasteiger charge is 2.40. The quantitative estimate of drug-likeness (QED) is 0.341. The smallest absolute Gasteiger partial charge is 0.302 e. The molecular formula is C27H35ClN8O3. The van der Waals surface area contributed by atoms with E-state index in [4.69, 9.17) is 27.8 Å². The lowest BCUT2D eigenvalue weighted by Crippen LogP contribution is -2.53. The van der Waals surface area contributed by atoms with Gasteiger partial charge in [-0.15, -0.1) is 0 Å². The largest absolute Gasteiger partial charge is 0.499 e. The molecule has 0 aliphatic carbocycles. The zero-order valence-corrected chi connectivity index (χ0v) is 22.9. The number of rotatable bonds is 9. The van der Waals surface area contributed by atoms with Crippen LogP contribution in [0.1, 0.15) is 54.2 Å². The van der Waals surface area contributed by atoms with Gasteiger partial charge in [-0.2, -0.15) is 4.99 Å². The van der Waals surface area contributed by atoms with E-state index in [1.54, 1.807) is 0 Å². The minimum atomic E-state index is -0.675. The number of aliphatic imine (C=N–C) groups is 1. The predicted octanol–water partition coefficient (Wildman–Crippen LogP) is 2.46. The maximum atomic E-state index is 12.9. The summed E-state index contributed by atoms with van der Waals surface area (Å²) in [5.41, 5.74) is 13.3. The summed E-state index contributed by atoms with van der Waals surface area (Å²) in [5.74, 6) is 0.422. The standard InChI is InChI=1S/C27H35ClN8O3/c1-3-39-17(2)4-5-18-6-8-19(9-7-18)10-11-20(37)36-14-12-27(13-15-36)16-31-26(35-27)34-25(38)21-23(29)33-24(30)22(28)32-21/h6-9H,2-5,10-16H2,1H3,(H4,29,30,33)(H2,31,34,35,38). The van der Waals surface area contributed by atoms with Gasteiger partial charge in [0.15, 0.2) is 28.4 Å². The number of carbonyl (C=O) groups is 2. The number of nitrogens with zero attached hydrogens (tertiary/aromatic N) is 4. The number of ether oxygens (including phenoxy) is 1. The van der Waals surface area contributed by atoms with Gasteiger partial charge in [-0.25, -0.2) is 9.97 Å². The summed E-state index contributed by atoms with van der Waals surface area (Å²) in [7, 11) is 0. The van der Waals surface area contributed by atoms with Gasteiger partial charge in [0, 0.05) is 32.5 Å². The number of allylic oxidation sites excluding steroid dienone is 1. The molecule has 208 valence electrons. The Kier molecular flexibility index (Phi) is 8.90. The molecule has 0 unspecified atom stereocenters. The molecule has 0 saturated carbocycles. The monoisotopic (exact) mass is 554 g/mol. The molecule has 6 N–H and O–H groups in total. The Morgan fingerprint density at radius 2 is 1.74 bits per heavy atom. The number of nitrogens with two attached hydrogens (primary N) is 2. The van der Waals surface area contributed by atoms with Crippen LogP contribution in [0, 0.1) is 0 Å². The number of nitrogen functional groups attached to an aromatic ring is 2. The van der Waals surface area contributed by atoms with Gasteiger partial charge >= 0.3 is 5.91 Å². The van der Waals surface area contributed by atoms with Crippen LogP contribution in [-0.2, 0) is 22.4 Å². The van der Waals surface area contributed by atoms with Gasteiger partial charge in [-0.05, 0) is 43.7 Å². The minimum Gasteiger partial charge on any atom is -0.499 e. The van der Waals surface area contributed by atoms with Crippen molar-refractivity contribution in [3.8, 4) is 0 Å². The molecule has 1 aromatic heterocycles. The van der Waals surface area contributed by atoms with Crippen LogP contribution >= 0.6 is 11.6 Å². The number of hydrogen-bond donors (Lipinski definition) is 4. The lowest BCUT2D eigenvalue weighted by molar-refractivity contribution is -0.132. The van der Waals surface area contributed by atoms with E-state index >= 15 is 0 Å². The second kappa shape index (κ2) is 12.3. The fraction of sp³-hybridized carbons (Fsp3) is 0.444. The van der Waals surface area contributed by atoms with Crippen molar-refractivity contribution in [2.45, 2.75) is 51.0 Å². The zero-order valence-electron chi connectivity index (χ0n) is 22.1. The van der Waals surface area contributed by atoms with E-state index in [-0.39, 0.29) is 33.9 Å². The van der Waals surface area contributed by atoms with Gasteiger partial charge in [0.1, 0.15) is 0 Å². The average molecular weight is 555 g/mol. The summed E-state index contributed by atoms with van der Waals surface area (Å²) in [6.07, 6.45) is 4.32. The van der Waals surface area contributed by atoms with Crippen LogP contribution in [0.4, 0.5) is 11.6 Å². The Hall–Kier alpha value is -3.86. The van der Waals surface area contributed by atoms with Crippen molar-refractivity contribution in [1.82, 2.24) is 25.5 Å². The lowest BCUT2D eigenvalue weighted by atomic mass is 9.88. The Morgan fingerprint density at radius 3 is 2.38 bits per heavy atom. The SMILES string of the molecule is C=C(CCc1ccc(CCC(=O)N2CCC3(CC2)CN/C(=N\C(=O)c2nc(Cl)c(N)nc2N)N3)cc1)OCC. The average Bonchev–Trinajstić information content (AvgIpc) is 3.30. The molecule has 12 heteroatoms. The highest BCUT2D eigenvalue weighted by Crippen LogP contribution is 2.25. The topological polar surface area (TPSA) is 161 Å². The first-order valence-corrected chi connectivity index (χ1v) is 13.5. The fourth-order valence-electron chi connectivity index (χ4n) is 4.74. The van der Waals surface area contributed by atoms with Gasteiger partial charge in [-0.1, -0.05) is 42.4 Å². The van der Waals surface area contributed by atoms with Crippen LogP contribution in [0.25, 0.3) is 0 Å².